The summed E-state index contributed by atoms with van der Waals surface area (Å²) in [7, 11) is 0. The van der Waals surface area contributed by atoms with E-state index < -0.39 is 5.82 Å². The zero-order valence-electron chi connectivity index (χ0n) is 14.5. The Balaban J connectivity index is 1.29. The minimum Gasteiger partial charge on any atom is -0.493 e. The normalized spacial score (nSPS) is 23.5. The minimum absolute atomic E-state index is 0.249. The van der Waals surface area contributed by atoms with Crippen LogP contribution >= 0.6 is 0 Å². The van der Waals surface area contributed by atoms with Gasteiger partial charge in [0.25, 0.3) is 0 Å². The highest BCUT2D eigenvalue weighted by Crippen LogP contribution is 2.27. The fourth-order valence-electron chi connectivity index (χ4n) is 3.79. The van der Waals surface area contributed by atoms with Crippen molar-refractivity contribution in [2.45, 2.75) is 18.9 Å². The van der Waals surface area contributed by atoms with Gasteiger partial charge in [0, 0.05) is 38.1 Å². The van der Waals surface area contributed by atoms with Crippen LogP contribution in [0, 0.1) is 17.6 Å². The summed E-state index contributed by atoms with van der Waals surface area (Å²) in [6.07, 6.45) is 4.63. The first kappa shape index (κ1) is 17.1. The van der Waals surface area contributed by atoms with Crippen molar-refractivity contribution < 1.29 is 13.5 Å². The molecule has 0 saturated carbocycles. The molecule has 0 spiro atoms. The van der Waals surface area contributed by atoms with E-state index in [9.17, 15) is 8.78 Å². The number of aromatic nitrogens is 2. The van der Waals surface area contributed by atoms with Gasteiger partial charge in [-0.05, 0) is 37.1 Å². The second kappa shape index (κ2) is 7.53. The Morgan fingerprint density at radius 1 is 0.962 bits per heavy atom. The second-order valence-corrected chi connectivity index (χ2v) is 7.00. The van der Waals surface area contributed by atoms with E-state index in [1.807, 2.05) is 0 Å². The topological polar surface area (TPSA) is 41.5 Å². The van der Waals surface area contributed by atoms with Crippen molar-refractivity contribution in [2.24, 2.45) is 5.92 Å². The standard InChI is InChI=1S/C19H22F2N4O/c20-15-2-5-18(6-3-15)26-13-14-1-4-17-12-25(8-7-24(17)11-14)19-22-9-16(21)10-23-19/h2-3,5-6,9-10,14,17H,1,4,7-8,11-13H2. The van der Waals surface area contributed by atoms with Gasteiger partial charge in [-0.15, -0.1) is 0 Å². The summed E-state index contributed by atoms with van der Waals surface area (Å²) in [5, 5.41) is 0. The number of hydrogen-bond acceptors (Lipinski definition) is 5. The Kier molecular flexibility index (Phi) is 4.97. The van der Waals surface area contributed by atoms with Gasteiger partial charge in [0.15, 0.2) is 5.82 Å². The quantitative estimate of drug-likeness (QED) is 0.839. The van der Waals surface area contributed by atoms with Gasteiger partial charge in [0.05, 0.1) is 19.0 Å². The number of nitrogens with zero attached hydrogens (tertiary/aromatic N) is 4. The molecular formula is C19H22F2N4O. The van der Waals surface area contributed by atoms with Crippen LogP contribution in [0.25, 0.3) is 0 Å². The molecule has 0 amide bonds. The third-order valence-corrected chi connectivity index (χ3v) is 5.19. The number of benzene rings is 1. The third kappa shape index (κ3) is 3.93. The first-order chi connectivity index (χ1) is 12.7. The monoisotopic (exact) mass is 360 g/mol. The number of hydrogen-bond donors (Lipinski definition) is 0. The first-order valence-corrected chi connectivity index (χ1v) is 9.02. The van der Waals surface area contributed by atoms with Crippen LogP contribution in [0.1, 0.15) is 12.8 Å². The zero-order valence-corrected chi connectivity index (χ0v) is 14.5. The van der Waals surface area contributed by atoms with Gasteiger partial charge in [-0.1, -0.05) is 0 Å². The van der Waals surface area contributed by atoms with Crippen LogP contribution in [0.5, 0.6) is 5.75 Å². The summed E-state index contributed by atoms with van der Waals surface area (Å²) in [4.78, 5) is 12.8. The fourth-order valence-corrected chi connectivity index (χ4v) is 3.79. The zero-order chi connectivity index (χ0) is 17.9. The van der Waals surface area contributed by atoms with E-state index in [1.54, 1.807) is 12.1 Å². The van der Waals surface area contributed by atoms with Crippen LogP contribution in [0.15, 0.2) is 36.7 Å². The summed E-state index contributed by atoms with van der Waals surface area (Å²) >= 11 is 0. The number of piperidine rings is 1. The lowest BCUT2D eigenvalue weighted by Crippen LogP contribution is -2.57. The largest absolute Gasteiger partial charge is 0.493 e. The summed E-state index contributed by atoms with van der Waals surface area (Å²) in [5.74, 6) is 1.14. The highest BCUT2D eigenvalue weighted by atomic mass is 19.1. The van der Waals surface area contributed by atoms with Crippen LogP contribution < -0.4 is 9.64 Å². The van der Waals surface area contributed by atoms with Crippen LogP contribution in [-0.2, 0) is 0 Å². The molecule has 138 valence electrons. The van der Waals surface area contributed by atoms with Crippen molar-refractivity contribution in [3.63, 3.8) is 0 Å². The van der Waals surface area contributed by atoms with Crippen molar-refractivity contribution >= 4 is 5.95 Å². The molecule has 4 rings (SSSR count). The van der Waals surface area contributed by atoms with Crippen molar-refractivity contribution in [1.82, 2.24) is 14.9 Å². The summed E-state index contributed by atoms with van der Waals surface area (Å²) in [6, 6.07) is 6.65. The molecule has 0 N–H and O–H groups in total. The maximum Gasteiger partial charge on any atom is 0.225 e. The molecule has 26 heavy (non-hydrogen) atoms. The molecule has 2 aliphatic rings. The maximum absolute atomic E-state index is 13.0. The van der Waals surface area contributed by atoms with E-state index in [0.29, 0.717) is 30.3 Å². The van der Waals surface area contributed by atoms with E-state index in [2.05, 4.69) is 19.8 Å². The van der Waals surface area contributed by atoms with Crippen molar-refractivity contribution in [1.29, 1.82) is 0 Å². The Hall–Kier alpha value is -2.28. The smallest absolute Gasteiger partial charge is 0.225 e. The highest BCUT2D eigenvalue weighted by molar-refractivity contribution is 5.30. The molecule has 0 bridgehead atoms. The molecule has 3 heterocycles. The Labute approximate surface area is 151 Å². The molecule has 7 heteroatoms. The summed E-state index contributed by atoms with van der Waals surface area (Å²) in [6.45, 7) is 4.31. The van der Waals surface area contributed by atoms with Gasteiger partial charge in [-0.2, -0.15) is 0 Å². The number of anilines is 1. The van der Waals surface area contributed by atoms with Gasteiger partial charge in [0.2, 0.25) is 5.95 Å². The summed E-state index contributed by atoms with van der Waals surface area (Å²) < 4.78 is 31.8. The molecule has 1 aromatic heterocycles. The average Bonchev–Trinajstić information content (AvgIpc) is 2.67. The van der Waals surface area contributed by atoms with Crippen molar-refractivity contribution in [3.8, 4) is 5.75 Å². The van der Waals surface area contributed by atoms with Gasteiger partial charge < -0.3 is 9.64 Å². The molecular weight excluding hydrogens is 338 g/mol. The molecule has 2 fully saturated rings. The van der Waals surface area contributed by atoms with E-state index in [0.717, 1.165) is 39.0 Å². The minimum atomic E-state index is -0.408. The number of halogens is 2. The van der Waals surface area contributed by atoms with E-state index in [1.165, 1.54) is 24.5 Å². The Bertz CT molecular complexity index is 725. The van der Waals surface area contributed by atoms with E-state index in [-0.39, 0.29) is 5.82 Å². The predicted octanol–water partition coefficient (Wildman–Crippen LogP) is 2.73. The van der Waals surface area contributed by atoms with Crippen molar-refractivity contribution in [2.75, 3.05) is 37.7 Å². The lowest BCUT2D eigenvalue weighted by molar-refractivity contribution is 0.0725. The van der Waals surface area contributed by atoms with Crippen LogP contribution in [0.4, 0.5) is 14.7 Å². The predicted molar refractivity (Wildman–Crippen MR) is 94.2 cm³/mol. The number of piperazine rings is 1. The van der Waals surface area contributed by atoms with Gasteiger partial charge in [-0.3, -0.25) is 4.90 Å². The fraction of sp³-hybridized carbons (Fsp3) is 0.474. The lowest BCUT2D eigenvalue weighted by Gasteiger charge is -2.46. The molecule has 2 aromatic rings. The Morgan fingerprint density at radius 2 is 1.73 bits per heavy atom. The molecule has 2 atom stereocenters. The maximum atomic E-state index is 13.0. The molecule has 2 saturated heterocycles. The first-order valence-electron chi connectivity index (χ1n) is 9.02. The van der Waals surface area contributed by atoms with E-state index >= 15 is 0 Å². The number of rotatable bonds is 4. The number of ether oxygens (including phenoxy) is 1. The SMILES string of the molecule is Fc1ccc(OCC2CCC3CN(c4ncc(F)cn4)CCN3C2)cc1. The van der Waals surface area contributed by atoms with Crippen molar-refractivity contribution in [3.05, 3.63) is 48.3 Å². The Morgan fingerprint density at radius 3 is 2.50 bits per heavy atom. The van der Waals surface area contributed by atoms with Crippen LogP contribution in [-0.4, -0.2) is 53.7 Å². The van der Waals surface area contributed by atoms with Gasteiger partial charge >= 0.3 is 0 Å². The average molecular weight is 360 g/mol. The van der Waals surface area contributed by atoms with Crippen LogP contribution in [0.2, 0.25) is 0 Å². The highest BCUT2D eigenvalue weighted by Gasteiger charge is 2.33. The number of fused-ring (bicyclic) bond motifs is 1. The molecule has 5 nitrogen and oxygen atoms in total. The molecule has 1 aromatic carbocycles. The lowest BCUT2D eigenvalue weighted by atomic mass is 9.91. The van der Waals surface area contributed by atoms with E-state index in [4.69, 9.17) is 4.74 Å². The molecule has 0 aliphatic carbocycles. The molecule has 0 radical (unpaired) electrons. The summed E-state index contributed by atoms with van der Waals surface area (Å²) in [5.41, 5.74) is 0. The third-order valence-electron chi connectivity index (χ3n) is 5.19. The van der Waals surface area contributed by atoms with Crippen LogP contribution in [0.3, 0.4) is 0 Å². The van der Waals surface area contributed by atoms with Gasteiger partial charge in [0.1, 0.15) is 11.6 Å². The molecule has 2 aliphatic heterocycles. The van der Waals surface area contributed by atoms with Gasteiger partial charge in [-0.25, -0.2) is 18.7 Å². The second-order valence-electron chi connectivity index (χ2n) is 7.00. The molecule has 2 unspecified atom stereocenters.